The van der Waals surface area contributed by atoms with Crippen molar-refractivity contribution in [2.75, 3.05) is 17.0 Å². The standard InChI is InChI=1S/C17H24N6O5S2/c18-10-3-5-11(6-4-10)30(27,28)23-12-7-9-29-14(12)15(24)22-13(16(25)26)2-1-8-21-17(19)20/h3-7,9,13,17,21,23H,1-2,8,18-20H2,(H,22,24)(H,25,26)/t13-/m0/s1. The number of nitrogens with one attached hydrogen (secondary N) is 3. The van der Waals surface area contributed by atoms with Crippen LogP contribution in [-0.2, 0) is 14.8 Å². The molecular weight excluding hydrogens is 432 g/mol. The molecule has 10 N–H and O–H groups in total. The molecule has 2 aromatic rings. The Kier molecular flexibility index (Phi) is 8.14. The zero-order valence-electron chi connectivity index (χ0n) is 15.9. The lowest BCUT2D eigenvalue weighted by Crippen LogP contribution is -2.46. The van der Waals surface area contributed by atoms with E-state index >= 15 is 0 Å². The maximum Gasteiger partial charge on any atom is 0.326 e. The van der Waals surface area contributed by atoms with Crippen molar-refractivity contribution in [2.45, 2.75) is 30.1 Å². The molecule has 0 radical (unpaired) electrons. The molecule has 0 saturated heterocycles. The lowest BCUT2D eigenvalue weighted by molar-refractivity contribution is -0.139. The highest BCUT2D eigenvalue weighted by Crippen LogP contribution is 2.25. The maximum absolute atomic E-state index is 12.6. The Morgan fingerprint density at radius 3 is 2.40 bits per heavy atom. The average molecular weight is 457 g/mol. The summed E-state index contributed by atoms with van der Waals surface area (Å²) in [7, 11) is -3.95. The molecule has 1 aromatic carbocycles. The molecule has 0 unspecified atom stereocenters. The van der Waals surface area contributed by atoms with Crippen LogP contribution in [0, 0.1) is 0 Å². The Morgan fingerprint density at radius 1 is 1.13 bits per heavy atom. The minimum atomic E-state index is -3.95. The molecule has 11 nitrogen and oxygen atoms in total. The van der Waals surface area contributed by atoms with Crippen LogP contribution in [0.3, 0.4) is 0 Å². The van der Waals surface area contributed by atoms with Crippen molar-refractivity contribution < 1.29 is 23.1 Å². The molecule has 30 heavy (non-hydrogen) atoms. The molecule has 13 heteroatoms. The van der Waals surface area contributed by atoms with Crippen LogP contribution in [0.25, 0.3) is 0 Å². The molecule has 0 spiro atoms. The molecule has 1 amide bonds. The van der Waals surface area contributed by atoms with Crippen LogP contribution in [0.15, 0.2) is 40.6 Å². The summed E-state index contributed by atoms with van der Waals surface area (Å²) in [6.45, 7) is 0.378. The van der Waals surface area contributed by atoms with Crippen molar-refractivity contribution in [3.8, 4) is 0 Å². The van der Waals surface area contributed by atoms with Crippen LogP contribution in [0.1, 0.15) is 22.5 Å². The fourth-order valence-corrected chi connectivity index (χ4v) is 4.36. The number of carbonyl (C=O) groups excluding carboxylic acids is 1. The first-order valence-electron chi connectivity index (χ1n) is 8.84. The number of benzene rings is 1. The SMILES string of the molecule is Nc1ccc(S(=O)(=O)Nc2ccsc2C(=O)N[C@@H](CCCNC(N)N)C(=O)O)cc1. The van der Waals surface area contributed by atoms with E-state index in [1.165, 1.54) is 35.7 Å². The van der Waals surface area contributed by atoms with E-state index in [0.717, 1.165) is 11.3 Å². The van der Waals surface area contributed by atoms with Crippen LogP contribution in [0.2, 0.25) is 0 Å². The monoisotopic (exact) mass is 456 g/mol. The van der Waals surface area contributed by atoms with Crippen molar-refractivity contribution in [1.82, 2.24) is 10.6 Å². The van der Waals surface area contributed by atoms with Crippen molar-refractivity contribution in [3.05, 3.63) is 40.6 Å². The van der Waals surface area contributed by atoms with Crippen LogP contribution >= 0.6 is 11.3 Å². The van der Waals surface area contributed by atoms with Crippen LogP contribution < -0.4 is 32.6 Å². The van der Waals surface area contributed by atoms with E-state index in [1.807, 2.05) is 0 Å². The van der Waals surface area contributed by atoms with Crippen LogP contribution in [0.5, 0.6) is 0 Å². The number of anilines is 2. The van der Waals surface area contributed by atoms with Gasteiger partial charge in [-0.3, -0.25) is 14.8 Å². The van der Waals surface area contributed by atoms with Gasteiger partial charge in [-0.2, -0.15) is 0 Å². The number of carbonyl (C=O) groups is 2. The lowest BCUT2D eigenvalue weighted by Gasteiger charge is -2.16. The molecule has 0 fully saturated rings. The molecule has 1 atom stereocenters. The molecule has 1 heterocycles. The number of carboxylic acid groups (broad SMARTS) is 1. The van der Waals surface area contributed by atoms with Gasteiger partial charge in [0.05, 0.1) is 10.6 Å². The van der Waals surface area contributed by atoms with Gasteiger partial charge in [0.2, 0.25) is 0 Å². The predicted molar refractivity (Wildman–Crippen MR) is 114 cm³/mol. The number of hydrogen-bond acceptors (Lipinski definition) is 9. The zero-order valence-corrected chi connectivity index (χ0v) is 17.5. The first kappa shape index (κ1) is 23.6. The van der Waals surface area contributed by atoms with Gasteiger partial charge in [-0.25, -0.2) is 13.2 Å². The molecule has 0 saturated carbocycles. The summed E-state index contributed by atoms with van der Waals surface area (Å²) in [5.74, 6) is -1.91. The molecular formula is C17H24N6O5S2. The van der Waals surface area contributed by atoms with Crippen molar-refractivity contribution in [3.63, 3.8) is 0 Å². The molecule has 164 valence electrons. The second-order valence-electron chi connectivity index (χ2n) is 6.32. The average Bonchev–Trinajstić information content (AvgIpc) is 3.11. The second-order valence-corrected chi connectivity index (χ2v) is 8.92. The Labute approximate surface area is 177 Å². The molecule has 1 aromatic heterocycles. The minimum Gasteiger partial charge on any atom is -0.480 e. The minimum absolute atomic E-state index is 0.0247. The number of aliphatic carboxylic acids is 1. The lowest BCUT2D eigenvalue weighted by atomic mass is 10.1. The first-order chi connectivity index (χ1) is 14.1. The highest BCUT2D eigenvalue weighted by atomic mass is 32.2. The number of rotatable bonds is 11. The van der Waals surface area contributed by atoms with Gasteiger partial charge in [-0.15, -0.1) is 11.3 Å². The van der Waals surface area contributed by atoms with Gasteiger partial charge in [0.25, 0.3) is 15.9 Å². The van der Waals surface area contributed by atoms with Gasteiger partial charge >= 0.3 is 5.97 Å². The normalized spacial score (nSPS) is 12.5. The summed E-state index contributed by atoms with van der Waals surface area (Å²) in [6, 6.07) is 5.84. The summed E-state index contributed by atoms with van der Waals surface area (Å²) >= 11 is 0.985. The van der Waals surface area contributed by atoms with Gasteiger partial charge in [0.1, 0.15) is 17.2 Å². The van der Waals surface area contributed by atoms with Gasteiger partial charge in [0.15, 0.2) is 0 Å². The second kappa shape index (κ2) is 10.4. The summed E-state index contributed by atoms with van der Waals surface area (Å²) < 4.78 is 27.4. The maximum atomic E-state index is 12.6. The Bertz CT molecular complexity index is 975. The van der Waals surface area contributed by atoms with E-state index in [-0.39, 0.29) is 21.9 Å². The van der Waals surface area contributed by atoms with Crippen LogP contribution in [0.4, 0.5) is 11.4 Å². The van der Waals surface area contributed by atoms with Crippen molar-refractivity contribution in [1.29, 1.82) is 0 Å². The summed E-state index contributed by atoms with van der Waals surface area (Å²) in [5, 5.41) is 16.0. The number of nitrogen functional groups attached to an aromatic ring is 1. The number of sulfonamides is 1. The number of nitrogens with two attached hydrogens (primary N) is 3. The summed E-state index contributed by atoms with van der Waals surface area (Å²) in [4.78, 5) is 24.1. The number of thiophene rings is 1. The Morgan fingerprint density at radius 2 is 1.80 bits per heavy atom. The van der Waals surface area contributed by atoms with E-state index in [1.54, 1.807) is 0 Å². The Balaban J connectivity index is 2.07. The largest absolute Gasteiger partial charge is 0.480 e. The molecule has 2 rings (SSSR count). The van der Waals surface area contributed by atoms with Gasteiger partial charge in [-0.1, -0.05) is 0 Å². The van der Waals surface area contributed by atoms with Gasteiger partial charge < -0.3 is 27.6 Å². The van der Waals surface area contributed by atoms with E-state index in [0.29, 0.717) is 18.7 Å². The predicted octanol–water partition coefficient (Wildman–Crippen LogP) is -0.115. The summed E-state index contributed by atoms with van der Waals surface area (Å²) in [5.41, 5.74) is 16.7. The van der Waals surface area contributed by atoms with E-state index in [2.05, 4.69) is 15.4 Å². The fourth-order valence-electron chi connectivity index (χ4n) is 2.47. The van der Waals surface area contributed by atoms with Crippen molar-refractivity contribution >= 4 is 44.6 Å². The van der Waals surface area contributed by atoms with E-state index < -0.39 is 34.2 Å². The van der Waals surface area contributed by atoms with Crippen LogP contribution in [-0.4, -0.2) is 44.3 Å². The van der Waals surface area contributed by atoms with E-state index in [4.69, 9.17) is 17.2 Å². The van der Waals surface area contributed by atoms with Gasteiger partial charge in [-0.05, 0) is 55.1 Å². The number of hydrogen-bond donors (Lipinski definition) is 7. The highest BCUT2D eigenvalue weighted by molar-refractivity contribution is 7.92. The van der Waals surface area contributed by atoms with Crippen molar-refractivity contribution in [2.24, 2.45) is 11.5 Å². The molecule has 0 aliphatic rings. The zero-order chi connectivity index (χ0) is 22.3. The number of amides is 1. The molecule has 0 bridgehead atoms. The third-order valence-electron chi connectivity index (χ3n) is 3.96. The van der Waals surface area contributed by atoms with E-state index in [9.17, 15) is 23.1 Å². The third kappa shape index (κ3) is 6.67. The first-order valence-corrected chi connectivity index (χ1v) is 11.2. The smallest absolute Gasteiger partial charge is 0.326 e. The molecule has 0 aliphatic carbocycles. The third-order valence-corrected chi connectivity index (χ3v) is 6.25. The fraction of sp³-hybridized carbons (Fsp3) is 0.294. The topological polar surface area (TPSA) is 203 Å². The molecule has 0 aliphatic heterocycles. The summed E-state index contributed by atoms with van der Waals surface area (Å²) in [6.07, 6.45) is -0.173. The quantitative estimate of drug-likeness (QED) is 0.137. The van der Waals surface area contributed by atoms with Gasteiger partial charge in [0, 0.05) is 5.69 Å². The highest BCUT2D eigenvalue weighted by Gasteiger charge is 2.24. The Hall–Kier alpha value is -2.71. The number of carboxylic acids is 1.